The van der Waals surface area contributed by atoms with Crippen LogP contribution in [0, 0.1) is 18.6 Å². The van der Waals surface area contributed by atoms with Crippen molar-refractivity contribution in [2.24, 2.45) is 0 Å². The molecule has 0 spiro atoms. The third kappa shape index (κ3) is 4.77. The number of rotatable bonds is 6. The molecule has 1 saturated carbocycles. The van der Waals surface area contributed by atoms with Crippen LogP contribution in [0.25, 0.3) is 16.9 Å². The van der Waals surface area contributed by atoms with Crippen LogP contribution in [-0.4, -0.2) is 57.9 Å². The van der Waals surface area contributed by atoms with E-state index >= 15 is 8.78 Å². The van der Waals surface area contributed by atoms with Gasteiger partial charge in [-0.1, -0.05) is 6.92 Å². The van der Waals surface area contributed by atoms with Crippen molar-refractivity contribution in [3.63, 3.8) is 0 Å². The van der Waals surface area contributed by atoms with Gasteiger partial charge < -0.3 is 19.4 Å². The average molecular weight is 483 g/mol. The van der Waals surface area contributed by atoms with Crippen molar-refractivity contribution in [3.8, 4) is 11.3 Å². The number of halogens is 2. The molecule has 9 heteroatoms. The Hall–Kier alpha value is -3.33. The molecule has 1 aliphatic carbocycles. The topological polar surface area (TPSA) is 75.9 Å². The van der Waals surface area contributed by atoms with E-state index in [4.69, 9.17) is 4.74 Å². The van der Waals surface area contributed by atoms with Gasteiger partial charge in [0.25, 0.3) is 5.91 Å². The molecule has 1 N–H and O–H groups in total. The van der Waals surface area contributed by atoms with Crippen LogP contribution in [-0.2, 0) is 16.0 Å². The maximum Gasteiger partial charge on any atom is 0.251 e. The van der Waals surface area contributed by atoms with Gasteiger partial charge in [0.15, 0.2) is 0 Å². The molecule has 7 nitrogen and oxygen atoms in total. The lowest BCUT2D eigenvalue weighted by molar-refractivity contribution is -0.138. The first-order chi connectivity index (χ1) is 16.8. The molecule has 3 heterocycles. The number of morpholine rings is 1. The second-order valence-corrected chi connectivity index (χ2v) is 9.29. The Balaban J connectivity index is 1.53. The molecule has 3 aromatic rings. The maximum atomic E-state index is 15.3. The Morgan fingerprint density at radius 2 is 1.94 bits per heavy atom. The molecule has 35 heavy (non-hydrogen) atoms. The lowest BCUT2D eigenvalue weighted by atomic mass is 10.0. The minimum atomic E-state index is -0.848. The fourth-order valence-corrected chi connectivity index (χ4v) is 4.53. The normalized spacial score (nSPS) is 18.2. The Morgan fingerprint density at radius 1 is 1.20 bits per heavy atom. The zero-order valence-electron chi connectivity index (χ0n) is 19.8. The van der Waals surface area contributed by atoms with Crippen molar-refractivity contribution >= 4 is 17.5 Å². The number of hydrogen-bond acceptors (Lipinski definition) is 4. The molecule has 1 aromatic carbocycles. The second kappa shape index (κ2) is 9.37. The van der Waals surface area contributed by atoms with E-state index in [2.05, 4.69) is 10.3 Å². The van der Waals surface area contributed by atoms with Gasteiger partial charge in [-0.05, 0) is 49.6 Å². The first-order valence-electron chi connectivity index (χ1n) is 12.0. The van der Waals surface area contributed by atoms with E-state index in [1.54, 1.807) is 9.30 Å². The van der Waals surface area contributed by atoms with E-state index in [1.807, 2.05) is 32.2 Å². The summed E-state index contributed by atoms with van der Waals surface area (Å²) in [6, 6.07) is 5.95. The molecule has 2 fully saturated rings. The summed E-state index contributed by atoms with van der Waals surface area (Å²) in [6.07, 6.45) is 3.96. The van der Waals surface area contributed by atoms with E-state index in [0.717, 1.165) is 30.5 Å². The predicted octanol–water partition coefficient (Wildman–Crippen LogP) is 3.66. The zero-order valence-corrected chi connectivity index (χ0v) is 19.8. The van der Waals surface area contributed by atoms with Crippen molar-refractivity contribution < 1.29 is 23.1 Å². The lowest BCUT2D eigenvalue weighted by Gasteiger charge is -2.33. The number of ether oxygens (including phenoxy) is 1. The number of imidazole rings is 1. The first kappa shape index (κ1) is 23.4. The van der Waals surface area contributed by atoms with Crippen LogP contribution in [0.1, 0.15) is 47.8 Å². The highest BCUT2D eigenvalue weighted by Crippen LogP contribution is 2.32. The van der Waals surface area contributed by atoms with Gasteiger partial charge in [-0.3, -0.25) is 9.59 Å². The zero-order chi connectivity index (χ0) is 24.7. The van der Waals surface area contributed by atoms with Crippen molar-refractivity contribution in [2.45, 2.75) is 51.7 Å². The third-order valence-corrected chi connectivity index (χ3v) is 6.55. The molecule has 0 unspecified atom stereocenters. The highest BCUT2D eigenvalue weighted by Gasteiger charge is 2.29. The summed E-state index contributed by atoms with van der Waals surface area (Å²) >= 11 is 0. The monoisotopic (exact) mass is 482 g/mol. The molecule has 0 radical (unpaired) electrons. The lowest BCUT2D eigenvalue weighted by Crippen LogP contribution is -2.46. The van der Waals surface area contributed by atoms with Crippen LogP contribution in [0.2, 0.25) is 0 Å². The maximum absolute atomic E-state index is 15.3. The standard InChI is InChI=1S/C26H28F2N4O3/c1-3-23(33)31-8-9-35-18(14-31)13-21-25(30-22-10-15(2)6-7-32(21)22)24-19(27)11-16(12-20(24)28)26(34)29-17-4-5-17/h6-7,10-12,17-18H,3-5,8-9,13-14H2,1-2H3,(H,29,34)/t18-/m0/s1. The number of benzene rings is 1. The van der Waals surface area contributed by atoms with Gasteiger partial charge in [-0.25, -0.2) is 13.8 Å². The second-order valence-electron chi connectivity index (χ2n) is 9.29. The Bertz CT molecular complexity index is 1280. The van der Waals surface area contributed by atoms with Crippen LogP contribution in [0.5, 0.6) is 0 Å². The van der Waals surface area contributed by atoms with Crippen LogP contribution < -0.4 is 5.32 Å². The third-order valence-electron chi connectivity index (χ3n) is 6.55. The number of aryl methyl sites for hydroxylation is 1. The molecular formula is C26H28F2N4O3. The summed E-state index contributed by atoms with van der Waals surface area (Å²) in [7, 11) is 0. The van der Waals surface area contributed by atoms with E-state index in [1.165, 1.54) is 0 Å². The molecule has 1 aliphatic heterocycles. The van der Waals surface area contributed by atoms with Gasteiger partial charge in [-0.2, -0.15) is 0 Å². The number of aromatic nitrogens is 2. The van der Waals surface area contributed by atoms with Crippen LogP contribution in [0.15, 0.2) is 30.5 Å². The number of hydrogen-bond donors (Lipinski definition) is 1. The van der Waals surface area contributed by atoms with Crippen molar-refractivity contribution in [3.05, 3.63) is 58.9 Å². The number of fused-ring (bicyclic) bond motifs is 1. The van der Waals surface area contributed by atoms with Gasteiger partial charge >= 0.3 is 0 Å². The Kier molecular flexibility index (Phi) is 6.27. The quantitative estimate of drug-likeness (QED) is 0.582. The van der Waals surface area contributed by atoms with Gasteiger partial charge in [-0.15, -0.1) is 0 Å². The van der Waals surface area contributed by atoms with Gasteiger partial charge in [0.1, 0.15) is 17.3 Å². The van der Waals surface area contributed by atoms with Gasteiger partial charge in [0.2, 0.25) is 5.91 Å². The van der Waals surface area contributed by atoms with E-state index in [0.29, 0.717) is 43.9 Å². The largest absolute Gasteiger partial charge is 0.374 e. The number of carbonyl (C=O) groups is 2. The molecule has 2 aliphatic rings. The minimum Gasteiger partial charge on any atom is -0.374 e. The fourth-order valence-electron chi connectivity index (χ4n) is 4.53. The molecule has 0 bridgehead atoms. The summed E-state index contributed by atoms with van der Waals surface area (Å²) < 4.78 is 38.4. The first-order valence-corrected chi connectivity index (χ1v) is 12.0. The van der Waals surface area contributed by atoms with E-state index < -0.39 is 17.5 Å². The summed E-state index contributed by atoms with van der Waals surface area (Å²) in [6.45, 7) is 5.06. The van der Waals surface area contributed by atoms with Crippen LogP contribution >= 0.6 is 0 Å². The van der Waals surface area contributed by atoms with Crippen molar-refractivity contribution in [1.29, 1.82) is 0 Å². The van der Waals surface area contributed by atoms with Gasteiger partial charge in [0.05, 0.1) is 29.7 Å². The van der Waals surface area contributed by atoms with E-state index in [-0.39, 0.29) is 34.9 Å². The number of amides is 2. The van der Waals surface area contributed by atoms with Crippen molar-refractivity contribution in [1.82, 2.24) is 19.6 Å². The molecule has 184 valence electrons. The number of pyridine rings is 1. The SMILES string of the molecule is CCC(=O)N1CCO[C@@H](Cc2c(-c3c(F)cc(C(=O)NC4CC4)cc3F)nc3cc(C)ccn23)C1. The van der Waals surface area contributed by atoms with Crippen LogP contribution in [0.3, 0.4) is 0 Å². The fraction of sp³-hybridized carbons (Fsp3) is 0.423. The highest BCUT2D eigenvalue weighted by atomic mass is 19.1. The molecule has 5 rings (SSSR count). The average Bonchev–Trinajstić information content (AvgIpc) is 3.59. The molecule has 1 atom stereocenters. The summed E-state index contributed by atoms with van der Waals surface area (Å²) in [5.41, 5.74) is 1.94. The smallest absolute Gasteiger partial charge is 0.251 e. The van der Waals surface area contributed by atoms with Crippen LogP contribution in [0.4, 0.5) is 8.78 Å². The number of nitrogens with zero attached hydrogens (tertiary/aromatic N) is 3. The van der Waals surface area contributed by atoms with Gasteiger partial charge in [0, 0.05) is 43.7 Å². The number of carbonyl (C=O) groups excluding carboxylic acids is 2. The Labute approximate surface area is 202 Å². The highest BCUT2D eigenvalue weighted by molar-refractivity contribution is 5.95. The molecule has 2 amide bonds. The summed E-state index contributed by atoms with van der Waals surface area (Å²) in [4.78, 5) is 30.9. The van der Waals surface area contributed by atoms with Crippen molar-refractivity contribution in [2.75, 3.05) is 19.7 Å². The molecule has 2 aromatic heterocycles. The summed E-state index contributed by atoms with van der Waals surface area (Å²) in [5, 5.41) is 2.75. The Morgan fingerprint density at radius 3 is 2.63 bits per heavy atom. The minimum absolute atomic E-state index is 0.0458. The van der Waals surface area contributed by atoms with E-state index in [9.17, 15) is 9.59 Å². The molecule has 1 saturated heterocycles. The summed E-state index contributed by atoms with van der Waals surface area (Å²) in [5.74, 6) is -2.14. The number of nitrogens with one attached hydrogen (secondary N) is 1. The predicted molar refractivity (Wildman–Crippen MR) is 126 cm³/mol. The molecular weight excluding hydrogens is 454 g/mol.